The van der Waals surface area contributed by atoms with Crippen molar-refractivity contribution in [2.75, 3.05) is 34.4 Å². The van der Waals surface area contributed by atoms with Gasteiger partial charge in [-0.3, -0.25) is 39.6 Å². The van der Waals surface area contributed by atoms with Gasteiger partial charge in [-0.05, 0) is 24.3 Å². The van der Waals surface area contributed by atoms with E-state index in [1.54, 1.807) is 62.1 Å². The minimum absolute atomic E-state index is 0. The number of hydrogen-bond donors (Lipinski definition) is 10. The van der Waals surface area contributed by atoms with Crippen molar-refractivity contribution in [2.45, 2.75) is 25.7 Å². The second-order valence-electron chi connectivity index (χ2n) is 12.5. The molecule has 0 aliphatic heterocycles. The lowest BCUT2D eigenvalue weighted by molar-refractivity contribution is -0.121. The Balaban J connectivity index is 0.00000812. The molecule has 0 atom stereocenters. The first-order chi connectivity index (χ1) is 25.5. The summed E-state index contributed by atoms with van der Waals surface area (Å²) in [5, 5.41) is 30.7. The number of halogens is 1. The molecule has 0 aromatic carbocycles. The molecule has 6 amide bonds. The van der Waals surface area contributed by atoms with Crippen molar-refractivity contribution in [1.82, 2.24) is 28.9 Å². The Bertz CT molecular complexity index is 1980. The molecule has 4 heterocycles. The van der Waals surface area contributed by atoms with Crippen LogP contribution in [0.25, 0.3) is 0 Å². The number of aromatic nitrogens is 4. The molecule has 0 radical (unpaired) electrons. The monoisotopic (exact) mass is 780 g/mol. The van der Waals surface area contributed by atoms with Crippen LogP contribution in [0.2, 0.25) is 0 Å². The lowest BCUT2D eigenvalue weighted by Gasteiger charge is -2.04. The zero-order valence-corrected chi connectivity index (χ0v) is 31.5. The van der Waals surface area contributed by atoms with E-state index >= 15 is 0 Å². The van der Waals surface area contributed by atoms with Crippen LogP contribution in [-0.2, 0) is 37.8 Å². The molecule has 294 valence electrons. The summed E-state index contributed by atoms with van der Waals surface area (Å²) in [5.74, 6) is -2.77. The number of rotatable bonds is 17. The molecular weight excluding hydrogens is 736 g/mol. The average molecular weight is 781 g/mol. The van der Waals surface area contributed by atoms with Gasteiger partial charge < -0.3 is 61.6 Å². The standard InChI is InChI=1S/C34H44N14O6.ClH/c1-45-17-21(13-23(45)31(51)39-9-7-27(35)36)43-33(53)25-11-19(15-47(25)3)41-29(49)5-6-30(50)42-20-12-26(48(4)16-20)34(54)44-22-14-24(46(2)18-22)32(52)40-10-8-28(37)38;/h11-18H,5-10H2,1-4H3,(H3,35,36)(H3,37,38)(H,39,51)(H,40,52)(H,41,49)(H,42,50)(H,43,53)(H,44,54);1H. The molecule has 4 rings (SSSR count). The molecule has 55 heavy (non-hydrogen) atoms. The fourth-order valence-electron chi connectivity index (χ4n) is 5.30. The molecule has 0 unspecified atom stereocenters. The van der Waals surface area contributed by atoms with E-state index in [2.05, 4.69) is 31.9 Å². The maximum atomic E-state index is 13.0. The molecule has 0 fully saturated rings. The van der Waals surface area contributed by atoms with Gasteiger partial charge in [-0.15, -0.1) is 12.4 Å². The quantitative estimate of drug-likeness (QED) is 0.0551. The molecule has 0 spiro atoms. The predicted molar refractivity (Wildman–Crippen MR) is 209 cm³/mol. The number of nitrogens with zero attached hydrogens (tertiary/aromatic N) is 4. The van der Waals surface area contributed by atoms with E-state index in [-0.39, 0.29) is 86.1 Å². The minimum Gasteiger partial charge on any atom is -0.388 e. The number of anilines is 4. The van der Waals surface area contributed by atoms with E-state index in [1.807, 2.05) is 0 Å². The summed E-state index contributed by atoms with van der Waals surface area (Å²) in [5.41, 5.74) is 13.1. The van der Waals surface area contributed by atoms with Crippen molar-refractivity contribution in [2.24, 2.45) is 39.7 Å². The number of hydrogen-bond acceptors (Lipinski definition) is 8. The van der Waals surface area contributed by atoms with Gasteiger partial charge in [-0.2, -0.15) is 0 Å². The lowest BCUT2D eigenvalue weighted by Crippen LogP contribution is -2.28. The van der Waals surface area contributed by atoms with Gasteiger partial charge in [0.05, 0.1) is 34.4 Å². The van der Waals surface area contributed by atoms with Gasteiger partial charge in [-0.1, -0.05) is 0 Å². The fourth-order valence-corrected chi connectivity index (χ4v) is 5.30. The van der Waals surface area contributed by atoms with Gasteiger partial charge in [0.25, 0.3) is 23.6 Å². The second kappa shape index (κ2) is 18.8. The van der Waals surface area contributed by atoms with Crippen molar-refractivity contribution >= 4 is 82.3 Å². The Kier molecular flexibility index (Phi) is 14.5. The zero-order valence-electron chi connectivity index (χ0n) is 30.7. The first kappa shape index (κ1) is 42.6. The Labute approximate surface area is 321 Å². The lowest BCUT2D eigenvalue weighted by atomic mass is 10.2. The van der Waals surface area contributed by atoms with Gasteiger partial charge in [0.2, 0.25) is 11.8 Å². The summed E-state index contributed by atoms with van der Waals surface area (Å²) < 4.78 is 6.13. The highest BCUT2D eigenvalue weighted by atomic mass is 35.5. The largest absolute Gasteiger partial charge is 0.388 e. The summed E-state index contributed by atoms with van der Waals surface area (Å²) in [6.07, 6.45) is 6.34. The Morgan fingerprint density at radius 1 is 0.491 bits per heavy atom. The van der Waals surface area contributed by atoms with Crippen molar-refractivity contribution in [1.29, 1.82) is 10.8 Å². The molecule has 0 aliphatic rings. The van der Waals surface area contributed by atoms with Crippen molar-refractivity contribution < 1.29 is 28.8 Å². The maximum Gasteiger partial charge on any atom is 0.272 e. The van der Waals surface area contributed by atoms with E-state index in [0.717, 1.165) is 0 Å². The molecule has 4 aromatic rings. The smallest absolute Gasteiger partial charge is 0.272 e. The van der Waals surface area contributed by atoms with Crippen LogP contribution in [0.1, 0.15) is 67.6 Å². The molecule has 0 aliphatic carbocycles. The van der Waals surface area contributed by atoms with Crippen LogP contribution in [0, 0.1) is 10.8 Å². The number of amidine groups is 2. The molecule has 21 heteroatoms. The number of carbonyl (C=O) groups is 6. The maximum absolute atomic E-state index is 13.0. The summed E-state index contributed by atoms with van der Waals surface area (Å²) in [4.78, 5) is 76.3. The van der Waals surface area contributed by atoms with Crippen LogP contribution in [0.4, 0.5) is 22.7 Å². The summed E-state index contributed by atoms with van der Waals surface area (Å²) in [7, 11) is 6.55. The van der Waals surface area contributed by atoms with E-state index in [1.165, 1.54) is 33.4 Å². The van der Waals surface area contributed by atoms with Gasteiger partial charge in [0.15, 0.2) is 0 Å². The summed E-state index contributed by atoms with van der Waals surface area (Å²) >= 11 is 0. The van der Waals surface area contributed by atoms with E-state index in [9.17, 15) is 28.8 Å². The number of nitrogens with one attached hydrogen (secondary N) is 8. The van der Waals surface area contributed by atoms with Gasteiger partial charge in [0.1, 0.15) is 22.8 Å². The average Bonchev–Trinajstić information content (AvgIpc) is 3.84. The van der Waals surface area contributed by atoms with Crippen LogP contribution in [0.15, 0.2) is 49.1 Å². The highest BCUT2D eigenvalue weighted by Gasteiger charge is 2.19. The number of amides is 6. The zero-order chi connectivity index (χ0) is 39.7. The van der Waals surface area contributed by atoms with Crippen molar-refractivity contribution in [3.8, 4) is 0 Å². The Morgan fingerprint density at radius 2 is 0.764 bits per heavy atom. The normalized spacial score (nSPS) is 10.5. The van der Waals surface area contributed by atoms with E-state index in [0.29, 0.717) is 34.1 Å². The molecule has 0 saturated carbocycles. The third-order valence-electron chi connectivity index (χ3n) is 7.97. The van der Waals surface area contributed by atoms with Crippen LogP contribution in [0.3, 0.4) is 0 Å². The molecule has 12 N–H and O–H groups in total. The van der Waals surface area contributed by atoms with Crippen LogP contribution < -0.4 is 43.4 Å². The van der Waals surface area contributed by atoms with E-state index in [4.69, 9.17) is 22.3 Å². The molecule has 0 saturated heterocycles. The second-order valence-corrected chi connectivity index (χ2v) is 12.5. The van der Waals surface area contributed by atoms with Crippen LogP contribution >= 0.6 is 12.4 Å². The van der Waals surface area contributed by atoms with Crippen molar-refractivity contribution in [3.63, 3.8) is 0 Å². The Hall–Kier alpha value is -6.83. The molecular formula is C34H45ClN14O6. The van der Waals surface area contributed by atoms with Crippen LogP contribution in [-0.4, -0.2) is 78.5 Å². The first-order valence-corrected chi connectivity index (χ1v) is 16.6. The Morgan fingerprint density at radius 3 is 1.05 bits per heavy atom. The highest BCUT2D eigenvalue weighted by Crippen LogP contribution is 2.20. The topological polar surface area (TPSA) is 294 Å². The van der Waals surface area contributed by atoms with Crippen LogP contribution in [0.5, 0.6) is 0 Å². The molecule has 20 nitrogen and oxygen atoms in total. The first-order valence-electron chi connectivity index (χ1n) is 16.6. The molecule has 4 aromatic heterocycles. The van der Waals surface area contributed by atoms with Gasteiger partial charge in [-0.25, -0.2) is 0 Å². The highest BCUT2D eigenvalue weighted by molar-refractivity contribution is 6.07. The fraction of sp³-hybridized carbons (Fsp3) is 0.294. The predicted octanol–water partition coefficient (Wildman–Crippen LogP) is 1.44. The van der Waals surface area contributed by atoms with E-state index < -0.39 is 23.6 Å². The molecule has 0 bridgehead atoms. The number of carbonyl (C=O) groups excluding carboxylic acids is 6. The number of nitrogens with two attached hydrogens (primary N) is 2. The summed E-state index contributed by atoms with van der Waals surface area (Å²) in [6.45, 7) is 0.401. The van der Waals surface area contributed by atoms with Gasteiger partial charge >= 0.3 is 0 Å². The SMILES string of the molecule is Cl.Cn1cc(NC(=O)c2cc(NC(=O)CCC(=O)Nc3cc(C(=O)Nc4cc(C(=O)NCCC(=N)N)n(C)c4)n(C)c3)cn2C)cc1C(=O)NCCC(=N)N. The third-order valence-corrected chi connectivity index (χ3v) is 7.97. The van der Waals surface area contributed by atoms with Gasteiger partial charge in [0, 0.05) is 91.8 Å². The van der Waals surface area contributed by atoms with Crippen molar-refractivity contribution in [3.05, 3.63) is 71.8 Å². The number of aryl methyl sites for hydroxylation is 4. The summed E-state index contributed by atoms with van der Waals surface area (Å²) in [6, 6.07) is 5.97. The minimum atomic E-state index is -0.485. The third kappa shape index (κ3) is 11.8.